The fourth-order valence-electron chi connectivity index (χ4n) is 1.90. The van der Waals surface area contributed by atoms with Gasteiger partial charge in [-0.15, -0.1) is 0 Å². The van der Waals surface area contributed by atoms with Crippen LogP contribution in [0, 0.1) is 17.2 Å². The van der Waals surface area contributed by atoms with Crippen molar-refractivity contribution in [3.8, 4) is 6.07 Å². The quantitative estimate of drug-likeness (QED) is 0.765. The first kappa shape index (κ1) is 9.51. The summed E-state index contributed by atoms with van der Waals surface area (Å²) in [5.74, 6) is 0.368. The first-order chi connectivity index (χ1) is 6.81. The van der Waals surface area contributed by atoms with Gasteiger partial charge in [-0.2, -0.15) is 5.26 Å². The molecule has 1 aromatic rings. The van der Waals surface area contributed by atoms with Gasteiger partial charge in [0.15, 0.2) is 0 Å². The summed E-state index contributed by atoms with van der Waals surface area (Å²) in [4.78, 5) is 0. The minimum atomic E-state index is 0.0773. The smallest absolute Gasteiger partial charge is 0.0676 e. The molecule has 0 aliphatic carbocycles. The highest BCUT2D eigenvalue weighted by Crippen LogP contribution is 2.28. The van der Waals surface area contributed by atoms with Crippen molar-refractivity contribution in [2.24, 2.45) is 5.92 Å². The number of benzene rings is 1. The highest BCUT2D eigenvalue weighted by atomic mass is 35.5. The zero-order chi connectivity index (χ0) is 9.97. The lowest BCUT2D eigenvalue weighted by molar-refractivity contribution is 0.646. The summed E-state index contributed by atoms with van der Waals surface area (Å²) in [5, 5.41) is 12.9. The highest BCUT2D eigenvalue weighted by Gasteiger charge is 2.28. The maximum Gasteiger partial charge on any atom is 0.0676 e. The van der Waals surface area contributed by atoms with Crippen molar-refractivity contribution in [2.45, 2.75) is 5.92 Å². The van der Waals surface area contributed by atoms with E-state index >= 15 is 0 Å². The van der Waals surface area contributed by atoms with Gasteiger partial charge in [-0.3, -0.25) is 0 Å². The molecule has 72 valence electrons. The molecule has 0 amide bonds. The fourth-order valence-corrected chi connectivity index (χ4v) is 2.10. The second-order valence-electron chi connectivity index (χ2n) is 3.56. The molecule has 2 atom stereocenters. The Morgan fingerprint density at radius 2 is 2.29 bits per heavy atom. The molecule has 2 rings (SSSR count). The number of rotatable bonds is 1. The Morgan fingerprint density at radius 1 is 1.43 bits per heavy atom. The summed E-state index contributed by atoms with van der Waals surface area (Å²) in [6.45, 7) is 1.66. The molecule has 1 aliphatic heterocycles. The van der Waals surface area contributed by atoms with Crippen molar-refractivity contribution in [2.75, 3.05) is 13.1 Å². The Kier molecular flexibility index (Phi) is 2.72. The molecule has 1 fully saturated rings. The lowest BCUT2D eigenvalue weighted by Crippen LogP contribution is -2.08. The first-order valence-corrected chi connectivity index (χ1v) is 5.05. The molecular weight excluding hydrogens is 196 g/mol. The number of nitrogens with one attached hydrogen (secondary N) is 1. The van der Waals surface area contributed by atoms with Crippen LogP contribution in [0.25, 0.3) is 0 Å². The van der Waals surface area contributed by atoms with E-state index in [1.54, 1.807) is 0 Å². The third-order valence-corrected chi connectivity index (χ3v) is 2.89. The Morgan fingerprint density at radius 3 is 3.00 bits per heavy atom. The number of nitriles is 1. The standard InChI is InChI=1S/C11H11ClN2/c12-10-3-1-2-8(4-10)11-7-14-6-9(11)5-13/h1-4,9,11,14H,6-7H2/t9-,11-/m0/s1. The molecule has 0 bridgehead atoms. The van der Waals surface area contributed by atoms with Crippen LogP contribution >= 0.6 is 11.6 Å². The Bertz CT molecular complexity index is 370. The fraction of sp³-hybridized carbons (Fsp3) is 0.364. The van der Waals surface area contributed by atoms with Gasteiger partial charge >= 0.3 is 0 Å². The van der Waals surface area contributed by atoms with Gasteiger partial charge in [-0.1, -0.05) is 23.7 Å². The molecule has 0 aromatic heterocycles. The lowest BCUT2D eigenvalue weighted by Gasteiger charge is -2.12. The van der Waals surface area contributed by atoms with E-state index in [9.17, 15) is 0 Å². The average molecular weight is 207 g/mol. The molecule has 3 heteroatoms. The third kappa shape index (κ3) is 1.75. The predicted octanol–water partition coefficient (Wildman–Crippen LogP) is 2.17. The summed E-state index contributed by atoms with van der Waals surface area (Å²) in [6, 6.07) is 10.1. The van der Waals surface area contributed by atoms with E-state index in [1.165, 1.54) is 0 Å². The summed E-state index contributed by atoms with van der Waals surface area (Å²) in [7, 11) is 0. The van der Waals surface area contributed by atoms with Gasteiger partial charge in [0.2, 0.25) is 0 Å². The van der Waals surface area contributed by atoms with Gasteiger partial charge in [0.05, 0.1) is 12.0 Å². The largest absolute Gasteiger partial charge is 0.315 e. The van der Waals surface area contributed by atoms with E-state index in [2.05, 4.69) is 11.4 Å². The van der Waals surface area contributed by atoms with Crippen LogP contribution in [0.2, 0.25) is 5.02 Å². The van der Waals surface area contributed by atoms with Crippen LogP contribution in [0.1, 0.15) is 11.5 Å². The van der Waals surface area contributed by atoms with Gasteiger partial charge in [-0.05, 0) is 17.7 Å². The average Bonchev–Trinajstić information content (AvgIpc) is 2.65. The van der Waals surface area contributed by atoms with Gasteiger partial charge in [0.25, 0.3) is 0 Å². The Balaban J connectivity index is 2.27. The lowest BCUT2D eigenvalue weighted by atomic mass is 9.90. The molecule has 1 saturated heterocycles. The summed E-state index contributed by atoms with van der Waals surface area (Å²) >= 11 is 5.91. The minimum absolute atomic E-state index is 0.0773. The molecule has 1 heterocycles. The van der Waals surface area contributed by atoms with Crippen LogP contribution in [0.15, 0.2) is 24.3 Å². The molecule has 0 saturated carbocycles. The molecule has 1 aromatic carbocycles. The van der Waals surface area contributed by atoms with E-state index < -0.39 is 0 Å². The SMILES string of the molecule is N#C[C@H]1CNC[C@H]1c1cccc(Cl)c1. The second-order valence-corrected chi connectivity index (χ2v) is 3.99. The van der Waals surface area contributed by atoms with E-state index in [0.29, 0.717) is 5.92 Å². The maximum atomic E-state index is 8.94. The van der Waals surface area contributed by atoms with E-state index in [1.807, 2.05) is 24.3 Å². The highest BCUT2D eigenvalue weighted by molar-refractivity contribution is 6.30. The molecule has 2 nitrogen and oxygen atoms in total. The number of nitrogens with zero attached hydrogens (tertiary/aromatic N) is 1. The van der Waals surface area contributed by atoms with Crippen molar-refractivity contribution >= 4 is 11.6 Å². The maximum absolute atomic E-state index is 8.94. The summed E-state index contributed by atoms with van der Waals surface area (Å²) in [6.07, 6.45) is 0. The normalized spacial score (nSPS) is 26.0. The third-order valence-electron chi connectivity index (χ3n) is 2.66. The second kappa shape index (κ2) is 4.00. The van der Waals surface area contributed by atoms with Crippen LogP contribution in [0.5, 0.6) is 0 Å². The van der Waals surface area contributed by atoms with Gasteiger partial charge in [-0.25, -0.2) is 0 Å². The molecule has 1 N–H and O–H groups in total. The molecule has 14 heavy (non-hydrogen) atoms. The van der Waals surface area contributed by atoms with E-state index in [-0.39, 0.29) is 5.92 Å². The van der Waals surface area contributed by atoms with Crippen molar-refractivity contribution in [1.29, 1.82) is 5.26 Å². The van der Waals surface area contributed by atoms with Crippen LogP contribution in [-0.4, -0.2) is 13.1 Å². The van der Waals surface area contributed by atoms with Crippen LogP contribution in [0.3, 0.4) is 0 Å². The van der Waals surface area contributed by atoms with Crippen molar-refractivity contribution < 1.29 is 0 Å². The van der Waals surface area contributed by atoms with Crippen LogP contribution in [0.4, 0.5) is 0 Å². The molecule has 0 radical (unpaired) electrons. The van der Waals surface area contributed by atoms with Gasteiger partial charge < -0.3 is 5.32 Å². The molecule has 0 spiro atoms. The van der Waals surface area contributed by atoms with Gasteiger partial charge in [0, 0.05) is 24.0 Å². The molecular formula is C11H11ClN2. The monoisotopic (exact) mass is 206 g/mol. The van der Waals surface area contributed by atoms with Crippen molar-refractivity contribution in [3.05, 3.63) is 34.9 Å². The summed E-state index contributed by atoms with van der Waals surface area (Å²) < 4.78 is 0. The van der Waals surface area contributed by atoms with Gasteiger partial charge in [0.1, 0.15) is 0 Å². The number of hydrogen-bond acceptors (Lipinski definition) is 2. The predicted molar refractivity (Wildman–Crippen MR) is 56.2 cm³/mol. The van der Waals surface area contributed by atoms with E-state index in [4.69, 9.17) is 16.9 Å². The van der Waals surface area contributed by atoms with Crippen LogP contribution < -0.4 is 5.32 Å². The zero-order valence-corrected chi connectivity index (χ0v) is 8.46. The number of halogens is 1. The first-order valence-electron chi connectivity index (χ1n) is 4.67. The zero-order valence-electron chi connectivity index (χ0n) is 7.70. The minimum Gasteiger partial charge on any atom is -0.315 e. The number of hydrogen-bond donors (Lipinski definition) is 1. The molecule has 0 unspecified atom stereocenters. The van der Waals surface area contributed by atoms with E-state index in [0.717, 1.165) is 23.7 Å². The Labute approximate surface area is 88.5 Å². The van der Waals surface area contributed by atoms with Crippen molar-refractivity contribution in [3.63, 3.8) is 0 Å². The van der Waals surface area contributed by atoms with Crippen LogP contribution in [-0.2, 0) is 0 Å². The summed E-state index contributed by atoms with van der Waals surface area (Å²) in [5.41, 5.74) is 1.16. The van der Waals surface area contributed by atoms with Crippen molar-refractivity contribution in [1.82, 2.24) is 5.32 Å². The Hall–Kier alpha value is -1.04. The topological polar surface area (TPSA) is 35.8 Å². The molecule has 1 aliphatic rings.